The summed E-state index contributed by atoms with van der Waals surface area (Å²) in [6, 6.07) is 4.32. The van der Waals surface area contributed by atoms with Crippen molar-refractivity contribution in [1.29, 1.82) is 0 Å². The number of halogens is 2. The number of methoxy groups -OCH3 is 2. The average molecular weight is 263 g/mol. The molecule has 17 heavy (non-hydrogen) atoms. The van der Waals surface area contributed by atoms with Gasteiger partial charge in [0.2, 0.25) is 0 Å². The Balaban J connectivity index is 2.83. The third-order valence-corrected chi connectivity index (χ3v) is 2.90. The van der Waals surface area contributed by atoms with Crippen molar-refractivity contribution in [3.63, 3.8) is 0 Å². The van der Waals surface area contributed by atoms with E-state index in [1.165, 1.54) is 20.3 Å². The van der Waals surface area contributed by atoms with Crippen LogP contribution in [0.25, 0.3) is 0 Å². The minimum atomic E-state index is -0.528. The van der Waals surface area contributed by atoms with Crippen LogP contribution in [0.2, 0.25) is 5.02 Å². The van der Waals surface area contributed by atoms with Crippen LogP contribution in [0.5, 0.6) is 0 Å². The lowest BCUT2D eigenvalue weighted by Gasteiger charge is -2.24. The molecule has 0 fully saturated rings. The van der Waals surface area contributed by atoms with Crippen LogP contribution in [-0.2, 0) is 15.9 Å². The van der Waals surface area contributed by atoms with Gasteiger partial charge in [0.25, 0.3) is 0 Å². The maximum atomic E-state index is 13.3. The number of rotatable bonds is 6. The van der Waals surface area contributed by atoms with E-state index in [-0.39, 0.29) is 11.1 Å². The van der Waals surface area contributed by atoms with Gasteiger partial charge in [-0.05, 0) is 18.1 Å². The van der Waals surface area contributed by atoms with Crippen LogP contribution in [0, 0.1) is 5.82 Å². The highest BCUT2D eigenvalue weighted by Gasteiger charge is 2.21. The monoisotopic (exact) mass is 262 g/mol. The Hall–Kier alpha value is -0.720. The quantitative estimate of drug-likeness (QED) is 0.463. The van der Waals surface area contributed by atoms with E-state index in [0.717, 1.165) is 0 Å². The summed E-state index contributed by atoms with van der Waals surface area (Å²) in [7, 11) is 3.01. The molecule has 0 amide bonds. The Morgan fingerprint density at radius 3 is 2.59 bits per heavy atom. The minimum absolute atomic E-state index is 0.0960. The van der Waals surface area contributed by atoms with Gasteiger partial charge in [-0.1, -0.05) is 23.7 Å². The van der Waals surface area contributed by atoms with Gasteiger partial charge in [0, 0.05) is 14.2 Å². The minimum Gasteiger partial charge on any atom is -0.354 e. The van der Waals surface area contributed by atoms with Crippen molar-refractivity contribution in [3.8, 4) is 0 Å². The van der Waals surface area contributed by atoms with Crippen LogP contribution < -0.4 is 11.3 Å². The van der Waals surface area contributed by atoms with Gasteiger partial charge in [-0.25, -0.2) is 4.39 Å². The van der Waals surface area contributed by atoms with Crippen molar-refractivity contribution in [2.75, 3.05) is 14.2 Å². The third kappa shape index (κ3) is 3.62. The van der Waals surface area contributed by atoms with E-state index >= 15 is 0 Å². The predicted molar refractivity (Wildman–Crippen MR) is 64.0 cm³/mol. The van der Waals surface area contributed by atoms with Gasteiger partial charge < -0.3 is 9.47 Å². The maximum Gasteiger partial charge on any atom is 0.173 e. The Morgan fingerprint density at radius 2 is 2.06 bits per heavy atom. The first-order chi connectivity index (χ1) is 8.13. The number of benzene rings is 1. The summed E-state index contributed by atoms with van der Waals surface area (Å²) in [5.74, 6) is 4.96. The van der Waals surface area contributed by atoms with Gasteiger partial charge in [0.1, 0.15) is 5.82 Å². The lowest BCUT2D eigenvalue weighted by molar-refractivity contribution is -0.122. The first-order valence-corrected chi connectivity index (χ1v) is 5.46. The van der Waals surface area contributed by atoms with Crippen molar-refractivity contribution in [2.45, 2.75) is 18.8 Å². The molecule has 0 aromatic heterocycles. The first-order valence-electron chi connectivity index (χ1n) is 5.08. The van der Waals surface area contributed by atoms with Gasteiger partial charge in [-0.3, -0.25) is 11.3 Å². The van der Waals surface area contributed by atoms with Gasteiger partial charge in [0.15, 0.2) is 6.29 Å². The molecule has 0 saturated carbocycles. The summed E-state index contributed by atoms with van der Waals surface area (Å²) in [5.41, 5.74) is 3.22. The number of hydrogen-bond acceptors (Lipinski definition) is 4. The fraction of sp³-hybridized carbons (Fsp3) is 0.455. The molecule has 1 atom stereocenters. The van der Waals surface area contributed by atoms with E-state index in [0.29, 0.717) is 12.0 Å². The molecule has 0 bridgehead atoms. The highest BCUT2D eigenvalue weighted by Crippen LogP contribution is 2.21. The zero-order valence-corrected chi connectivity index (χ0v) is 10.5. The van der Waals surface area contributed by atoms with Crippen LogP contribution in [0.15, 0.2) is 18.2 Å². The molecule has 6 heteroatoms. The van der Waals surface area contributed by atoms with Crippen LogP contribution >= 0.6 is 11.6 Å². The SMILES string of the molecule is COC(OC)C(Cc1cccc(F)c1Cl)NN. The molecular formula is C11H16ClFN2O2. The molecule has 1 aromatic rings. The second-order valence-corrected chi connectivity index (χ2v) is 3.91. The standard InChI is InChI=1S/C11H16ClFN2O2/c1-16-11(17-2)9(15-14)6-7-4-3-5-8(13)10(7)12/h3-5,9,11,15H,6,14H2,1-2H3. The lowest BCUT2D eigenvalue weighted by atomic mass is 10.1. The molecule has 0 spiro atoms. The molecule has 0 aliphatic carbocycles. The van der Waals surface area contributed by atoms with Crippen molar-refractivity contribution in [1.82, 2.24) is 5.43 Å². The maximum absolute atomic E-state index is 13.3. The normalized spacial score (nSPS) is 13.1. The van der Waals surface area contributed by atoms with Gasteiger partial charge >= 0.3 is 0 Å². The molecule has 1 rings (SSSR count). The topological polar surface area (TPSA) is 56.5 Å². The van der Waals surface area contributed by atoms with E-state index in [1.807, 2.05) is 0 Å². The number of nitrogens with one attached hydrogen (secondary N) is 1. The van der Waals surface area contributed by atoms with Crippen molar-refractivity contribution >= 4 is 11.6 Å². The lowest BCUT2D eigenvalue weighted by Crippen LogP contribution is -2.47. The molecule has 1 aromatic carbocycles. The molecule has 0 aliphatic heterocycles. The summed E-state index contributed by atoms with van der Waals surface area (Å²) in [6.45, 7) is 0. The van der Waals surface area contributed by atoms with Crippen LogP contribution in [0.1, 0.15) is 5.56 Å². The highest BCUT2D eigenvalue weighted by molar-refractivity contribution is 6.31. The molecule has 96 valence electrons. The van der Waals surface area contributed by atoms with E-state index in [4.69, 9.17) is 26.9 Å². The molecule has 4 nitrogen and oxygen atoms in total. The van der Waals surface area contributed by atoms with Gasteiger partial charge in [-0.2, -0.15) is 0 Å². The number of hydrogen-bond donors (Lipinski definition) is 2. The predicted octanol–water partition coefficient (Wildman–Crippen LogP) is 1.47. The number of hydrazine groups is 1. The summed E-state index contributed by atoms with van der Waals surface area (Å²) in [6.07, 6.45) is -0.126. The van der Waals surface area contributed by atoms with Crippen molar-refractivity contribution in [3.05, 3.63) is 34.6 Å². The van der Waals surface area contributed by atoms with Crippen LogP contribution in [0.4, 0.5) is 4.39 Å². The summed E-state index contributed by atoms with van der Waals surface area (Å²) < 4.78 is 23.4. The highest BCUT2D eigenvalue weighted by atomic mass is 35.5. The number of ether oxygens (including phenoxy) is 2. The van der Waals surface area contributed by atoms with E-state index in [9.17, 15) is 4.39 Å². The second-order valence-electron chi connectivity index (χ2n) is 3.53. The summed E-state index contributed by atoms with van der Waals surface area (Å²) in [5, 5.41) is 0.0960. The fourth-order valence-electron chi connectivity index (χ4n) is 1.60. The molecule has 0 heterocycles. The van der Waals surface area contributed by atoms with Crippen LogP contribution in [-0.4, -0.2) is 26.6 Å². The third-order valence-electron chi connectivity index (χ3n) is 2.48. The molecule has 3 N–H and O–H groups in total. The van der Waals surface area contributed by atoms with E-state index in [2.05, 4.69) is 5.43 Å². The first kappa shape index (κ1) is 14.3. The Labute approximate surface area is 105 Å². The average Bonchev–Trinajstić information content (AvgIpc) is 2.34. The van der Waals surface area contributed by atoms with Gasteiger partial charge in [0.05, 0.1) is 11.1 Å². The zero-order valence-electron chi connectivity index (χ0n) is 9.74. The number of nitrogens with two attached hydrogens (primary N) is 1. The Morgan fingerprint density at radius 1 is 1.41 bits per heavy atom. The smallest absolute Gasteiger partial charge is 0.173 e. The van der Waals surface area contributed by atoms with E-state index < -0.39 is 12.1 Å². The van der Waals surface area contributed by atoms with Crippen LogP contribution in [0.3, 0.4) is 0 Å². The largest absolute Gasteiger partial charge is 0.354 e. The Kier molecular flexibility index (Phi) is 5.80. The molecular weight excluding hydrogens is 247 g/mol. The zero-order chi connectivity index (χ0) is 12.8. The summed E-state index contributed by atoms with van der Waals surface area (Å²) in [4.78, 5) is 0. The second kappa shape index (κ2) is 6.88. The van der Waals surface area contributed by atoms with Crippen molar-refractivity contribution < 1.29 is 13.9 Å². The Bertz CT molecular complexity index is 361. The molecule has 1 unspecified atom stereocenters. The van der Waals surface area contributed by atoms with E-state index in [1.54, 1.807) is 12.1 Å². The molecule has 0 radical (unpaired) electrons. The van der Waals surface area contributed by atoms with Crippen molar-refractivity contribution in [2.24, 2.45) is 5.84 Å². The summed E-state index contributed by atoms with van der Waals surface area (Å²) >= 11 is 5.86. The molecule has 0 aliphatic rings. The fourth-order valence-corrected chi connectivity index (χ4v) is 1.80. The van der Waals surface area contributed by atoms with Gasteiger partial charge in [-0.15, -0.1) is 0 Å². The molecule has 0 saturated heterocycles.